The zero-order chi connectivity index (χ0) is 14.8. The highest BCUT2D eigenvalue weighted by Gasteiger charge is 2.12. The van der Waals surface area contributed by atoms with Gasteiger partial charge >= 0.3 is 0 Å². The number of hydrogen-bond donors (Lipinski definition) is 1. The van der Waals surface area contributed by atoms with Crippen molar-refractivity contribution in [2.75, 3.05) is 5.73 Å². The second-order valence-electron chi connectivity index (χ2n) is 4.49. The molecular weight excluding hydrogens is 288 g/mol. The van der Waals surface area contributed by atoms with Crippen LogP contribution in [0.15, 0.2) is 36.7 Å². The number of anilines is 1. The number of hydrogen-bond acceptors (Lipinski definition) is 5. The van der Waals surface area contributed by atoms with Gasteiger partial charge < -0.3 is 10.5 Å². The average Bonchev–Trinajstić information content (AvgIpc) is 2.51. The van der Waals surface area contributed by atoms with E-state index in [2.05, 4.69) is 15.0 Å². The molecule has 2 heterocycles. The minimum absolute atomic E-state index is 0.208. The number of halogens is 1. The van der Waals surface area contributed by atoms with Gasteiger partial charge in [0.2, 0.25) is 5.88 Å². The molecule has 5 nitrogen and oxygen atoms in total. The maximum atomic E-state index is 5.99. The quantitative estimate of drug-likeness (QED) is 0.748. The molecule has 0 bridgehead atoms. The minimum atomic E-state index is 0.208. The Balaban J connectivity index is 2.00. The molecule has 0 aliphatic carbocycles. The Morgan fingerprint density at radius 2 is 2.05 bits per heavy atom. The Hall–Kier alpha value is -2.40. The van der Waals surface area contributed by atoms with E-state index in [0.29, 0.717) is 18.0 Å². The first-order valence-corrected chi connectivity index (χ1v) is 6.88. The monoisotopic (exact) mass is 300 g/mol. The van der Waals surface area contributed by atoms with E-state index in [0.717, 1.165) is 10.8 Å². The highest BCUT2D eigenvalue weighted by Crippen LogP contribution is 2.31. The lowest BCUT2D eigenvalue weighted by Gasteiger charge is -2.10. The van der Waals surface area contributed by atoms with Crippen molar-refractivity contribution < 1.29 is 4.74 Å². The first-order valence-electron chi connectivity index (χ1n) is 6.51. The summed E-state index contributed by atoms with van der Waals surface area (Å²) in [5.41, 5.74) is 6.11. The lowest BCUT2D eigenvalue weighted by Crippen LogP contribution is -2.02. The van der Waals surface area contributed by atoms with Crippen molar-refractivity contribution >= 4 is 28.1 Å². The number of benzene rings is 1. The number of pyridine rings is 1. The zero-order valence-corrected chi connectivity index (χ0v) is 12.1. The summed E-state index contributed by atoms with van der Waals surface area (Å²) in [6.45, 7) is 1.94. The molecule has 2 N–H and O–H groups in total. The van der Waals surface area contributed by atoms with Gasteiger partial charge in [-0.15, -0.1) is 0 Å². The van der Waals surface area contributed by atoms with Crippen LogP contribution >= 0.6 is 11.6 Å². The molecule has 0 fully saturated rings. The number of rotatable bonds is 3. The summed E-state index contributed by atoms with van der Waals surface area (Å²) in [5, 5.41) is 2.27. The van der Waals surface area contributed by atoms with E-state index >= 15 is 0 Å². The van der Waals surface area contributed by atoms with Crippen LogP contribution in [0.25, 0.3) is 10.8 Å². The molecule has 0 radical (unpaired) electrons. The molecule has 0 amide bonds. The molecule has 0 unspecified atom stereocenters. The molecule has 6 heteroatoms. The number of fused-ring (bicyclic) bond motifs is 1. The summed E-state index contributed by atoms with van der Waals surface area (Å²) < 4.78 is 5.75. The van der Waals surface area contributed by atoms with Crippen molar-refractivity contribution in [3.63, 3.8) is 0 Å². The van der Waals surface area contributed by atoms with Crippen molar-refractivity contribution in [1.82, 2.24) is 15.0 Å². The fourth-order valence-electron chi connectivity index (χ4n) is 1.94. The average molecular weight is 301 g/mol. The van der Waals surface area contributed by atoms with E-state index in [1.54, 1.807) is 12.4 Å². The van der Waals surface area contributed by atoms with Crippen LogP contribution in [0.1, 0.15) is 12.7 Å². The zero-order valence-electron chi connectivity index (χ0n) is 11.4. The Kier molecular flexibility index (Phi) is 3.58. The van der Waals surface area contributed by atoms with Gasteiger partial charge in [0.15, 0.2) is 5.15 Å². The molecule has 106 valence electrons. The largest absolute Gasteiger partial charge is 0.437 e. The second kappa shape index (κ2) is 5.54. The predicted molar refractivity (Wildman–Crippen MR) is 82.6 cm³/mol. The minimum Gasteiger partial charge on any atom is -0.437 e. The van der Waals surface area contributed by atoms with E-state index in [9.17, 15) is 0 Å². The number of nitrogen functional groups attached to an aromatic ring is 1. The van der Waals surface area contributed by atoms with Crippen LogP contribution in [0, 0.1) is 0 Å². The van der Waals surface area contributed by atoms with Gasteiger partial charge in [-0.05, 0) is 23.6 Å². The summed E-state index contributed by atoms with van der Waals surface area (Å²) in [6, 6.07) is 7.61. The van der Waals surface area contributed by atoms with Gasteiger partial charge in [0, 0.05) is 24.2 Å². The highest BCUT2D eigenvalue weighted by molar-refractivity contribution is 6.32. The van der Waals surface area contributed by atoms with Crippen LogP contribution in [0.5, 0.6) is 11.6 Å². The van der Waals surface area contributed by atoms with E-state index in [1.165, 1.54) is 0 Å². The summed E-state index contributed by atoms with van der Waals surface area (Å²) in [6.07, 6.45) is 4.17. The third-order valence-corrected chi connectivity index (χ3v) is 3.34. The highest BCUT2D eigenvalue weighted by atomic mass is 35.5. The molecule has 0 aliphatic heterocycles. The van der Waals surface area contributed by atoms with Crippen LogP contribution in [0.2, 0.25) is 5.15 Å². The second-order valence-corrected chi connectivity index (χ2v) is 4.85. The van der Waals surface area contributed by atoms with E-state index in [1.807, 2.05) is 31.2 Å². The Labute approximate surface area is 126 Å². The molecule has 0 saturated carbocycles. The number of aryl methyl sites for hydroxylation is 1. The van der Waals surface area contributed by atoms with Crippen LogP contribution in [0.3, 0.4) is 0 Å². The van der Waals surface area contributed by atoms with Gasteiger partial charge in [0.25, 0.3) is 0 Å². The molecule has 3 aromatic rings. The van der Waals surface area contributed by atoms with Crippen molar-refractivity contribution in [3.8, 4) is 11.6 Å². The van der Waals surface area contributed by atoms with Crippen molar-refractivity contribution in [3.05, 3.63) is 47.6 Å². The lowest BCUT2D eigenvalue weighted by atomic mass is 10.2. The molecule has 1 aromatic carbocycles. The van der Waals surface area contributed by atoms with Crippen molar-refractivity contribution in [2.45, 2.75) is 13.3 Å². The summed E-state index contributed by atoms with van der Waals surface area (Å²) in [7, 11) is 0. The molecule has 0 spiro atoms. The Morgan fingerprint density at radius 3 is 2.86 bits per heavy atom. The molecule has 0 atom stereocenters. The Bertz CT molecular complexity index is 807. The molecule has 21 heavy (non-hydrogen) atoms. The van der Waals surface area contributed by atoms with Crippen LogP contribution in [-0.2, 0) is 6.42 Å². The SMILES string of the molecule is CCc1nc(Cl)c(N)c(Oc2ccc3ccncc3c2)n1. The fourth-order valence-corrected chi connectivity index (χ4v) is 2.12. The standard InChI is InChI=1S/C15H13ClN4O/c1-2-12-19-14(16)13(17)15(20-12)21-11-4-3-9-5-6-18-8-10(9)7-11/h3-8H,2,17H2,1H3. The van der Waals surface area contributed by atoms with Gasteiger partial charge in [0.05, 0.1) is 0 Å². The number of aromatic nitrogens is 3. The van der Waals surface area contributed by atoms with Crippen molar-refractivity contribution in [2.24, 2.45) is 0 Å². The van der Waals surface area contributed by atoms with Gasteiger partial charge in [-0.25, -0.2) is 4.98 Å². The van der Waals surface area contributed by atoms with E-state index in [-0.39, 0.29) is 16.7 Å². The van der Waals surface area contributed by atoms with Crippen LogP contribution in [-0.4, -0.2) is 15.0 Å². The van der Waals surface area contributed by atoms with Crippen LogP contribution < -0.4 is 10.5 Å². The number of nitrogens with two attached hydrogens (primary N) is 1. The maximum absolute atomic E-state index is 5.99. The Morgan fingerprint density at radius 1 is 1.19 bits per heavy atom. The number of ether oxygens (including phenoxy) is 1. The lowest BCUT2D eigenvalue weighted by molar-refractivity contribution is 0.462. The van der Waals surface area contributed by atoms with Gasteiger partial charge in [-0.1, -0.05) is 24.6 Å². The molecule has 2 aromatic heterocycles. The smallest absolute Gasteiger partial charge is 0.247 e. The first kappa shape index (κ1) is 13.6. The maximum Gasteiger partial charge on any atom is 0.247 e. The third kappa shape index (κ3) is 2.73. The molecule has 0 saturated heterocycles. The molecule has 0 aliphatic rings. The van der Waals surface area contributed by atoms with Crippen molar-refractivity contribution in [1.29, 1.82) is 0 Å². The van der Waals surface area contributed by atoms with E-state index in [4.69, 9.17) is 22.1 Å². The molecule has 3 rings (SSSR count). The van der Waals surface area contributed by atoms with Crippen LogP contribution in [0.4, 0.5) is 5.69 Å². The summed E-state index contributed by atoms with van der Waals surface area (Å²) in [5.74, 6) is 1.49. The number of nitrogens with zero attached hydrogens (tertiary/aromatic N) is 3. The predicted octanol–water partition coefficient (Wildman–Crippen LogP) is 3.62. The molecular formula is C15H13ClN4O. The first-order chi connectivity index (χ1) is 10.2. The third-order valence-electron chi connectivity index (χ3n) is 3.05. The van der Waals surface area contributed by atoms with Gasteiger partial charge in [-0.2, -0.15) is 4.98 Å². The van der Waals surface area contributed by atoms with E-state index < -0.39 is 0 Å². The van der Waals surface area contributed by atoms with Gasteiger partial charge in [-0.3, -0.25) is 4.98 Å². The normalized spacial score (nSPS) is 10.8. The summed E-state index contributed by atoms with van der Waals surface area (Å²) >= 11 is 5.99. The fraction of sp³-hybridized carbons (Fsp3) is 0.133. The summed E-state index contributed by atoms with van der Waals surface area (Å²) in [4.78, 5) is 12.4. The topological polar surface area (TPSA) is 73.9 Å². The van der Waals surface area contributed by atoms with Gasteiger partial charge in [0.1, 0.15) is 17.3 Å².